The minimum atomic E-state index is -0.556. The highest BCUT2D eigenvalue weighted by Crippen LogP contribution is 2.30. The van der Waals surface area contributed by atoms with Crippen molar-refractivity contribution in [2.75, 3.05) is 60.9 Å². The zero-order chi connectivity index (χ0) is 23.8. The van der Waals surface area contributed by atoms with E-state index < -0.39 is 5.92 Å². The molecular formula is C23H39N5O4. The summed E-state index contributed by atoms with van der Waals surface area (Å²) in [7, 11) is 7.34. The lowest BCUT2D eigenvalue weighted by atomic mass is 9.88. The third-order valence-corrected chi connectivity index (χ3v) is 6.09. The molecule has 2 heterocycles. The number of carbonyl (C=O) groups is 4. The average molecular weight is 450 g/mol. The van der Waals surface area contributed by atoms with Crippen LogP contribution in [0, 0.1) is 5.92 Å². The van der Waals surface area contributed by atoms with Gasteiger partial charge in [0.1, 0.15) is 0 Å². The molecule has 0 radical (unpaired) electrons. The molecule has 0 spiro atoms. The first-order valence-electron chi connectivity index (χ1n) is 11.5. The number of hydrogen-bond acceptors (Lipinski definition) is 5. The Bertz CT molecular complexity index is 747. The number of nitrogens with zero attached hydrogens (tertiary/aromatic N) is 4. The van der Waals surface area contributed by atoms with E-state index in [9.17, 15) is 19.2 Å². The zero-order valence-electron chi connectivity index (χ0n) is 20.3. The molecule has 0 aliphatic carbocycles. The van der Waals surface area contributed by atoms with E-state index in [0.29, 0.717) is 43.7 Å². The van der Waals surface area contributed by atoms with Gasteiger partial charge >= 0.3 is 0 Å². The van der Waals surface area contributed by atoms with E-state index in [1.54, 1.807) is 25.9 Å². The van der Waals surface area contributed by atoms with Crippen LogP contribution < -0.4 is 5.32 Å². The Morgan fingerprint density at radius 1 is 1.09 bits per heavy atom. The van der Waals surface area contributed by atoms with Crippen molar-refractivity contribution in [1.82, 2.24) is 24.9 Å². The number of carbonyl (C=O) groups excluding carboxylic acids is 4. The van der Waals surface area contributed by atoms with Gasteiger partial charge in [0.15, 0.2) is 0 Å². The number of likely N-dealkylation sites (tertiary alicyclic amines) is 1. The molecule has 180 valence electrons. The first-order valence-corrected chi connectivity index (χ1v) is 11.5. The van der Waals surface area contributed by atoms with Crippen molar-refractivity contribution in [3.05, 3.63) is 11.3 Å². The first kappa shape index (κ1) is 25.8. The van der Waals surface area contributed by atoms with Crippen LogP contribution in [0.1, 0.15) is 45.4 Å². The van der Waals surface area contributed by atoms with Gasteiger partial charge < -0.3 is 24.9 Å². The van der Waals surface area contributed by atoms with Crippen LogP contribution in [0.15, 0.2) is 11.3 Å². The van der Waals surface area contributed by atoms with Gasteiger partial charge in [0, 0.05) is 64.4 Å². The molecule has 1 saturated heterocycles. The Hall–Kier alpha value is -2.42. The molecular weight excluding hydrogens is 410 g/mol. The van der Waals surface area contributed by atoms with Crippen LogP contribution in [0.4, 0.5) is 0 Å². The predicted octanol–water partition coefficient (Wildman–Crippen LogP) is 0.668. The summed E-state index contributed by atoms with van der Waals surface area (Å²) in [5.74, 6) is -0.810. The summed E-state index contributed by atoms with van der Waals surface area (Å²) in [5.41, 5.74) is 1.24. The SMILES string of the molecule is CC1=C(C(=O)N(C)C)CC(CC(=O)NCCCN(C)C)C(=O)N1CCCN1CCCC1=O. The summed E-state index contributed by atoms with van der Waals surface area (Å²) in [6.07, 6.45) is 3.29. The van der Waals surface area contributed by atoms with Gasteiger partial charge in [0.25, 0.3) is 5.91 Å². The van der Waals surface area contributed by atoms with E-state index in [1.807, 2.05) is 19.0 Å². The number of hydrogen-bond donors (Lipinski definition) is 1. The van der Waals surface area contributed by atoms with Gasteiger partial charge in [0.2, 0.25) is 17.7 Å². The average Bonchev–Trinajstić information content (AvgIpc) is 3.14. The summed E-state index contributed by atoms with van der Waals surface area (Å²) >= 11 is 0. The Morgan fingerprint density at radius 3 is 2.41 bits per heavy atom. The predicted molar refractivity (Wildman–Crippen MR) is 122 cm³/mol. The summed E-state index contributed by atoms with van der Waals surface area (Å²) in [6, 6.07) is 0. The number of rotatable bonds is 11. The van der Waals surface area contributed by atoms with E-state index in [0.717, 1.165) is 25.9 Å². The van der Waals surface area contributed by atoms with Crippen molar-refractivity contribution in [2.24, 2.45) is 5.92 Å². The Morgan fingerprint density at radius 2 is 1.81 bits per heavy atom. The van der Waals surface area contributed by atoms with Crippen molar-refractivity contribution in [3.8, 4) is 0 Å². The second-order valence-corrected chi connectivity index (χ2v) is 9.20. The van der Waals surface area contributed by atoms with Crippen LogP contribution in [0.2, 0.25) is 0 Å². The van der Waals surface area contributed by atoms with Crippen LogP contribution in [-0.4, -0.2) is 104 Å². The molecule has 2 aliphatic rings. The zero-order valence-corrected chi connectivity index (χ0v) is 20.3. The number of likely N-dealkylation sites (N-methyl/N-ethyl adjacent to an activating group) is 1. The molecule has 2 aliphatic heterocycles. The van der Waals surface area contributed by atoms with Crippen LogP contribution >= 0.6 is 0 Å². The lowest BCUT2D eigenvalue weighted by Crippen LogP contribution is -2.44. The Labute approximate surface area is 191 Å². The van der Waals surface area contributed by atoms with E-state index >= 15 is 0 Å². The molecule has 0 aromatic rings. The second-order valence-electron chi connectivity index (χ2n) is 9.20. The first-order chi connectivity index (χ1) is 15.1. The molecule has 1 N–H and O–H groups in total. The molecule has 9 heteroatoms. The highest BCUT2D eigenvalue weighted by molar-refractivity contribution is 5.98. The lowest BCUT2D eigenvalue weighted by Gasteiger charge is -2.35. The van der Waals surface area contributed by atoms with E-state index in [4.69, 9.17) is 0 Å². The summed E-state index contributed by atoms with van der Waals surface area (Å²) in [5, 5.41) is 2.89. The quantitative estimate of drug-likeness (QED) is 0.468. The van der Waals surface area contributed by atoms with Gasteiger partial charge in [-0.1, -0.05) is 0 Å². The monoisotopic (exact) mass is 449 g/mol. The molecule has 0 bridgehead atoms. The van der Waals surface area contributed by atoms with Gasteiger partial charge in [-0.05, 0) is 53.2 Å². The van der Waals surface area contributed by atoms with Gasteiger partial charge in [-0.15, -0.1) is 0 Å². The number of allylic oxidation sites excluding steroid dienone is 1. The highest BCUT2D eigenvalue weighted by Gasteiger charge is 2.36. The fourth-order valence-corrected chi connectivity index (χ4v) is 4.26. The summed E-state index contributed by atoms with van der Waals surface area (Å²) in [4.78, 5) is 57.4. The second kappa shape index (κ2) is 12.0. The molecule has 9 nitrogen and oxygen atoms in total. The number of nitrogens with one attached hydrogen (secondary N) is 1. The normalized spacial score (nSPS) is 19.2. The highest BCUT2D eigenvalue weighted by atomic mass is 16.2. The van der Waals surface area contributed by atoms with E-state index in [-0.39, 0.29) is 36.5 Å². The van der Waals surface area contributed by atoms with Crippen molar-refractivity contribution in [2.45, 2.75) is 45.4 Å². The molecule has 1 unspecified atom stereocenters. The third kappa shape index (κ3) is 7.05. The van der Waals surface area contributed by atoms with Crippen molar-refractivity contribution in [3.63, 3.8) is 0 Å². The van der Waals surface area contributed by atoms with Crippen LogP contribution in [0.3, 0.4) is 0 Å². The van der Waals surface area contributed by atoms with Crippen LogP contribution in [0.25, 0.3) is 0 Å². The smallest absolute Gasteiger partial charge is 0.251 e. The fraction of sp³-hybridized carbons (Fsp3) is 0.739. The van der Waals surface area contributed by atoms with Crippen LogP contribution in [0.5, 0.6) is 0 Å². The topological polar surface area (TPSA) is 93.3 Å². The van der Waals surface area contributed by atoms with Crippen LogP contribution in [-0.2, 0) is 19.2 Å². The molecule has 32 heavy (non-hydrogen) atoms. The standard InChI is InChI=1S/C23H39N5O4/c1-17-19(23(32)26(4)5)15-18(16-20(29)24-10-7-11-25(2)3)22(31)28(17)14-8-13-27-12-6-9-21(27)30/h18H,6-16H2,1-5H3,(H,24,29). The lowest BCUT2D eigenvalue weighted by molar-refractivity contribution is -0.138. The minimum absolute atomic E-state index is 0.0688. The fourth-order valence-electron chi connectivity index (χ4n) is 4.26. The van der Waals surface area contributed by atoms with Crippen molar-refractivity contribution < 1.29 is 19.2 Å². The Kier molecular flexibility index (Phi) is 9.68. The maximum absolute atomic E-state index is 13.2. The summed E-state index contributed by atoms with van der Waals surface area (Å²) < 4.78 is 0. The van der Waals surface area contributed by atoms with Gasteiger partial charge in [-0.3, -0.25) is 19.2 Å². The van der Waals surface area contributed by atoms with Crippen molar-refractivity contribution in [1.29, 1.82) is 0 Å². The molecule has 2 rings (SSSR count). The molecule has 0 aromatic carbocycles. The molecule has 1 atom stereocenters. The van der Waals surface area contributed by atoms with Gasteiger partial charge in [-0.25, -0.2) is 0 Å². The van der Waals surface area contributed by atoms with E-state index in [1.165, 1.54) is 4.90 Å². The molecule has 4 amide bonds. The Balaban J connectivity index is 2.04. The van der Waals surface area contributed by atoms with Crippen molar-refractivity contribution >= 4 is 23.6 Å². The molecule has 0 saturated carbocycles. The van der Waals surface area contributed by atoms with E-state index in [2.05, 4.69) is 10.2 Å². The largest absolute Gasteiger partial charge is 0.356 e. The molecule has 0 aromatic heterocycles. The van der Waals surface area contributed by atoms with Gasteiger partial charge in [0.05, 0.1) is 5.92 Å². The number of amides is 4. The maximum atomic E-state index is 13.2. The third-order valence-electron chi connectivity index (χ3n) is 6.09. The minimum Gasteiger partial charge on any atom is -0.356 e. The summed E-state index contributed by atoms with van der Waals surface area (Å²) in [6.45, 7) is 5.03. The van der Waals surface area contributed by atoms with Gasteiger partial charge in [-0.2, -0.15) is 0 Å². The maximum Gasteiger partial charge on any atom is 0.251 e. The molecule has 1 fully saturated rings.